The first kappa shape index (κ1) is 17.7. The van der Waals surface area contributed by atoms with Gasteiger partial charge in [-0.15, -0.1) is 5.10 Å². The van der Waals surface area contributed by atoms with E-state index in [0.717, 1.165) is 17.8 Å². The number of carbonyl (C=O) groups is 1. The molecule has 0 saturated heterocycles. The Labute approximate surface area is 145 Å². The van der Waals surface area contributed by atoms with Gasteiger partial charge >= 0.3 is 0 Å². The summed E-state index contributed by atoms with van der Waals surface area (Å²) in [6, 6.07) is 5.42. The van der Waals surface area contributed by atoms with Gasteiger partial charge in [0.2, 0.25) is 11.1 Å². The van der Waals surface area contributed by atoms with Crippen molar-refractivity contribution in [1.29, 1.82) is 0 Å². The summed E-state index contributed by atoms with van der Waals surface area (Å²) in [5.41, 5.74) is 1.68. The summed E-state index contributed by atoms with van der Waals surface area (Å²) in [6.07, 6.45) is 0. The molecule has 0 aliphatic heterocycles. The molecular formula is C15H20ClN5OS. The Kier molecular flexibility index (Phi) is 6.01. The normalized spacial score (nSPS) is 12.4. The summed E-state index contributed by atoms with van der Waals surface area (Å²) >= 11 is 7.32. The molecule has 1 atom stereocenters. The molecule has 2 aromatic rings. The van der Waals surface area contributed by atoms with Crippen LogP contribution in [0.2, 0.25) is 5.02 Å². The molecule has 0 aliphatic carbocycles. The number of aryl methyl sites for hydroxylation is 1. The molecule has 1 heterocycles. The smallest absolute Gasteiger partial charge is 0.237 e. The number of hydrogen-bond acceptors (Lipinski definition) is 5. The van der Waals surface area contributed by atoms with Gasteiger partial charge in [0.15, 0.2) is 0 Å². The van der Waals surface area contributed by atoms with Crippen LogP contribution in [0.15, 0.2) is 23.4 Å². The zero-order valence-corrected chi connectivity index (χ0v) is 15.1. The number of benzene rings is 1. The SMILES string of the molecule is Cc1ccc(Cl)cc1NC(=O)C(C)Sc1nnnn1CC(C)C. The molecule has 23 heavy (non-hydrogen) atoms. The first-order valence-corrected chi connectivity index (χ1v) is 8.62. The van der Waals surface area contributed by atoms with Crippen molar-refractivity contribution in [2.75, 3.05) is 5.32 Å². The lowest BCUT2D eigenvalue weighted by Crippen LogP contribution is -2.23. The zero-order chi connectivity index (χ0) is 17.0. The van der Waals surface area contributed by atoms with Gasteiger partial charge < -0.3 is 5.32 Å². The van der Waals surface area contributed by atoms with Crippen LogP contribution >= 0.6 is 23.4 Å². The lowest BCUT2D eigenvalue weighted by molar-refractivity contribution is -0.115. The van der Waals surface area contributed by atoms with Crippen molar-refractivity contribution < 1.29 is 4.79 Å². The Morgan fingerprint density at radius 2 is 2.13 bits per heavy atom. The average molecular weight is 354 g/mol. The van der Waals surface area contributed by atoms with E-state index < -0.39 is 0 Å². The largest absolute Gasteiger partial charge is 0.325 e. The second-order valence-electron chi connectivity index (χ2n) is 5.75. The lowest BCUT2D eigenvalue weighted by atomic mass is 10.2. The number of nitrogens with zero attached hydrogens (tertiary/aromatic N) is 4. The van der Waals surface area contributed by atoms with Crippen LogP contribution in [0.3, 0.4) is 0 Å². The topological polar surface area (TPSA) is 72.7 Å². The first-order chi connectivity index (χ1) is 10.9. The standard InChI is InChI=1S/C15H20ClN5OS/c1-9(2)8-21-15(18-19-20-21)23-11(4)14(22)17-13-7-12(16)6-5-10(13)3/h5-7,9,11H,8H2,1-4H3,(H,17,22). The molecule has 0 aliphatic rings. The Balaban J connectivity index is 2.03. The van der Waals surface area contributed by atoms with Crippen molar-refractivity contribution in [2.24, 2.45) is 5.92 Å². The number of aromatic nitrogens is 4. The average Bonchev–Trinajstić information content (AvgIpc) is 2.89. The minimum atomic E-state index is -0.328. The van der Waals surface area contributed by atoms with E-state index in [2.05, 4.69) is 34.7 Å². The van der Waals surface area contributed by atoms with E-state index >= 15 is 0 Å². The second-order valence-corrected chi connectivity index (χ2v) is 7.49. The fourth-order valence-electron chi connectivity index (χ4n) is 1.92. The van der Waals surface area contributed by atoms with Crippen LogP contribution in [-0.2, 0) is 11.3 Å². The van der Waals surface area contributed by atoms with Crippen LogP contribution in [0, 0.1) is 12.8 Å². The maximum absolute atomic E-state index is 12.4. The number of thioether (sulfide) groups is 1. The van der Waals surface area contributed by atoms with Gasteiger partial charge in [-0.1, -0.05) is 43.3 Å². The van der Waals surface area contributed by atoms with E-state index in [-0.39, 0.29) is 11.2 Å². The predicted molar refractivity (Wildman–Crippen MR) is 92.8 cm³/mol. The van der Waals surface area contributed by atoms with Crippen LogP contribution in [0.4, 0.5) is 5.69 Å². The Morgan fingerprint density at radius 3 is 2.83 bits per heavy atom. The van der Waals surface area contributed by atoms with Gasteiger partial charge in [-0.25, -0.2) is 4.68 Å². The molecule has 6 nitrogen and oxygen atoms in total. The molecule has 1 amide bonds. The highest BCUT2D eigenvalue weighted by Gasteiger charge is 2.19. The molecule has 0 bridgehead atoms. The highest BCUT2D eigenvalue weighted by molar-refractivity contribution is 8.00. The summed E-state index contributed by atoms with van der Waals surface area (Å²) in [7, 11) is 0. The third kappa shape index (κ3) is 4.94. The van der Waals surface area contributed by atoms with Crippen molar-refractivity contribution >= 4 is 35.0 Å². The molecule has 1 aromatic heterocycles. The van der Waals surface area contributed by atoms with Gasteiger partial charge in [0.25, 0.3) is 0 Å². The van der Waals surface area contributed by atoms with E-state index in [1.165, 1.54) is 11.8 Å². The van der Waals surface area contributed by atoms with E-state index in [1.54, 1.807) is 16.8 Å². The van der Waals surface area contributed by atoms with E-state index in [0.29, 0.717) is 16.1 Å². The number of amides is 1. The molecule has 1 unspecified atom stereocenters. The van der Waals surface area contributed by atoms with Crippen molar-refractivity contribution in [3.63, 3.8) is 0 Å². The lowest BCUT2D eigenvalue weighted by Gasteiger charge is -2.14. The molecule has 0 spiro atoms. The molecule has 0 radical (unpaired) electrons. The maximum atomic E-state index is 12.4. The van der Waals surface area contributed by atoms with Crippen molar-refractivity contribution in [3.8, 4) is 0 Å². The summed E-state index contributed by atoms with van der Waals surface area (Å²) < 4.78 is 1.73. The Morgan fingerprint density at radius 1 is 1.39 bits per heavy atom. The number of halogens is 1. The van der Waals surface area contributed by atoms with Crippen LogP contribution in [0.1, 0.15) is 26.3 Å². The van der Waals surface area contributed by atoms with Crippen LogP contribution in [0.25, 0.3) is 0 Å². The monoisotopic (exact) mass is 353 g/mol. The molecular weight excluding hydrogens is 334 g/mol. The summed E-state index contributed by atoms with van der Waals surface area (Å²) in [5.74, 6) is 0.315. The summed E-state index contributed by atoms with van der Waals surface area (Å²) in [5, 5.41) is 15.5. The van der Waals surface area contributed by atoms with Crippen LogP contribution in [0.5, 0.6) is 0 Å². The third-order valence-corrected chi connectivity index (χ3v) is 4.45. The Bertz CT molecular complexity index is 688. The Hall–Kier alpha value is -1.60. The second kappa shape index (κ2) is 7.79. The number of hydrogen-bond donors (Lipinski definition) is 1. The predicted octanol–water partition coefficient (Wildman–Crippen LogP) is 3.41. The van der Waals surface area contributed by atoms with E-state index in [1.807, 2.05) is 19.9 Å². The number of carbonyl (C=O) groups excluding carboxylic acids is 1. The van der Waals surface area contributed by atoms with Gasteiger partial charge in [0, 0.05) is 17.3 Å². The van der Waals surface area contributed by atoms with Gasteiger partial charge in [0.05, 0.1) is 5.25 Å². The van der Waals surface area contributed by atoms with E-state index in [9.17, 15) is 4.79 Å². The van der Waals surface area contributed by atoms with Gasteiger partial charge in [-0.3, -0.25) is 4.79 Å². The minimum Gasteiger partial charge on any atom is -0.325 e. The van der Waals surface area contributed by atoms with Gasteiger partial charge in [0.1, 0.15) is 0 Å². The molecule has 1 aromatic carbocycles. The number of anilines is 1. The third-order valence-electron chi connectivity index (χ3n) is 3.15. The fourth-order valence-corrected chi connectivity index (χ4v) is 2.89. The minimum absolute atomic E-state index is 0.112. The van der Waals surface area contributed by atoms with Crippen LogP contribution < -0.4 is 5.32 Å². The van der Waals surface area contributed by atoms with Crippen molar-refractivity contribution in [3.05, 3.63) is 28.8 Å². The highest BCUT2D eigenvalue weighted by atomic mass is 35.5. The molecule has 124 valence electrons. The highest BCUT2D eigenvalue weighted by Crippen LogP contribution is 2.24. The molecule has 0 fully saturated rings. The van der Waals surface area contributed by atoms with Crippen LogP contribution in [-0.4, -0.2) is 31.4 Å². The molecule has 8 heteroatoms. The van der Waals surface area contributed by atoms with Crippen molar-refractivity contribution in [2.45, 2.75) is 44.6 Å². The molecule has 2 rings (SSSR count). The number of tetrazole rings is 1. The number of rotatable bonds is 6. The number of nitrogens with one attached hydrogen (secondary N) is 1. The molecule has 0 saturated carbocycles. The quantitative estimate of drug-likeness (QED) is 0.805. The van der Waals surface area contributed by atoms with Gasteiger partial charge in [-0.2, -0.15) is 0 Å². The molecule has 1 N–H and O–H groups in total. The summed E-state index contributed by atoms with van der Waals surface area (Å²) in [6.45, 7) is 8.65. The van der Waals surface area contributed by atoms with Gasteiger partial charge in [-0.05, 0) is 47.9 Å². The van der Waals surface area contributed by atoms with E-state index in [4.69, 9.17) is 11.6 Å². The van der Waals surface area contributed by atoms with Crippen molar-refractivity contribution in [1.82, 2.24) is 20.2 Å². The first-order valence-electron chi connectivity index (χ1n) is 7.36. The maximum Gasteiger partial charge on any atom is 0.237 e. The fraction of sp³-hybridized carbons (Fsp3) is 0.467. The zero-order valence-electron chi connectivity index (χ0n) is 13.6. The summed E-state index contributed by atoms with van der Waals surface area (Å²) in [4.78, 5) is 12.4.